The molecule has 0 aromatic rings. The number of hydrogen-bond acceptors (Lipinski definition) is 3. The van der Waals surface area contributed by atoms with Gasteiger partial charge in [0.2, 0.25) is 0 Å². The minimum Gasteiger partial charge on any atom is -0.393 e. The fraction of sp³-hybridized carbons (Fsp3) is 0.926. The van der Waals surface area contributed by atoms with Gasteiger partial charge in [0.15, 0.2) is 0 Å². The van der Waals surface area contributed by atoms with E-state index >= 15 is 0 Å². The highest BCUT2D eigenvalue weighted by atomic mass is 16.3. The highest BCUT2D eigenvalue weighted by Gasteiger charge is 2.59. The van der Waals surface area contributed by atoms with Gasteiger partial charge in [-0.1, -0.05) is 32.4 Å². The first-order valence-electron chi connectivity index (χ1n) is 13.1. The van der Waals surface area contributed by atoms with Crippen LogP contribution in [0.2, 0.25) is 0 Å². The number of piperazine rings is 1. The number of allylic oxidation sites excluding steroid dienone is 1. The van der Waals surface area contributed by atoms with Crippen molar-refractivity contribution < 1.29 is 5.11 Å². The molecule has 0 unspecified atom stereocenters. The monoisotopic (exact) mass is 414 g/mol. The van der Waals surface area contributed by atoms with Crippen LogP contribution in [0.3, 0.4) is 0 Å². The maximum Gasteiger partial charge on any atom is 0.0577 e. The Morgan fingerprint density at radius 1 is 1.03 bits per heavy atom. The second-order valence-corrected chi connectivity index (χ2v) is 12.5. The van der Waals surface area contributed by atoms with Gasteiger partial charge >= 0.3 is 0 Å². The van der Waals surface area contributed by atoms with Crippen molar-refractivity contribution in [1.82, 2.24) is 9.80 Å². The van der Waals surface area contributed by atoms with Crippen LogP contribution in [-0.2, 0) is 0 Å². The van der Waals surface area contributed by atoms with Crippen LogP contribution < -0.4 is 0 Å². The van der Waals surface area contributed by atoms with Crippen LogP contribution in [0.1, 0.15) is 72.1 Å². The average molecular weight is 415 g/mol. The molecule has 3 saturated carbocycles. The molecular weight excluding hydrogens is 368 g/mol. The van der Waals surface area contributed by atoms with E-state index in [2.05, 4.69) is 43.7 Å². The van der Waals surface area contributed by atoms with Crippen LogP contribution >= 0.6 is 0 Å². The summed E-state index contributed by atoms with van der Waals surface area (Å²) < 4.78 is 0. The lowest BCUT2D eigenvalue weighted by atomic mass is 9.47. The molecule has 8 atom stereocenters. The smallest absolute Gasteiger partial charge is 0.0577 e. The number of rotatable bonds is 3. The van der Waals surface area contributed by atoms with Crippen molar-refractivity contribution in [2.75, 3.05) is 39.8 Å². The summed E-state index contributed by atoms with van der Waals surface area (Å²) in [4.78, 5) is 5.22. The maximum atomic E-state index is 10.2. The molecule has 1 heterocycles. The normalized spacial score (nSPS) is 48.4. The lowest BCUT2D eigenvalue weighted by Gasteiger charge is -2.58. The summed E-state index contributed by atoms with van der Waals surface area (Å²) in [6.07, 6.45) is 12.8. The molecule has 0 amide bonds. The molecule has 30 heavy (non-hydrogen) atoms. The summed E-state index contributed by atoms with van der Waals surface area (Å²) in [5.74, 6) is 4.44. The first-order chi connectivity index (χ1) is 14.3. The quantitative estimate of drug-likeness (QED) is 0.671. The number of likely N-dealkylation sites (N-methyl/N-ethyl adjacent to an activating group) is 1. The third-order valence-corrected chi connectivity index (χ3v) is 11.0. The standard InChI is InChI=1S/C27H46N2O/c1-19(18-29-15-13-28(4)14-16-29)23-7-8-24-22-6-5-20-17-21(30)9-11-26(20,2)25(22)10-12-27(23,24)3/h5,19,21-25,30H,6-18H2,1-4H3/t19-,21+,22+,23-,24+,25+,26+,27-/m1/s1. The van der Waals surface area contributed by atoms with E-state index in [1.54, 1.807) is 5.57 Å². The Kier molecular flexibility index (Phi) is 5.64. The lowest BCUT2D eigenvalue weighted by Crippen LogP contribution is -2.51. The summed E-state index contributed by atoms with van der Waals surface area (Å²) in [5.41, 5.74) is 2.56. The Hall–Kier alpha value is -0.380. The van der Waals surface area contributed by atoms with Crippen LogP contribution in [0.15, 0.2) is 11.6 Å². The molecule has 0 aromatic heterocycles. The zero-order valence-corrected chi connectivity index (χ0v) is 20.1. The average Bonchev–Trinajstić information content (AvgIpc) is 3.07. The number of nitrogens with zero attached hydrogens (tertiary/aromatic N) is 2. The molecule has 4 aliphatic carbocycles. The summed E-state index contributed by atoms with van der Waals surface area (Å²) in [6, 6.07) is 0. The molecule has 0 radical (unpaired) electrons. The zero-order chi connectivity index (χ0) is 21.1. The molecule has 4 fully saturated rings. The van der Waals surface area contributed by atoms with E-state index in [0.29, 0.717) is 10.8 Å². The Balaban J connectivity index is 1.30. The van der Waals surface area contributed by atoms with Gasteiger partial charge < -0.3 is 14.9 Å². The van der Waals surface area contributed by atoms with Crippen molar-refractivity contribution in [3.8, 4) is 0 Å². The van der Waals surface area contributed by atoms with Crippen molar-refractivity contribution in [2.45, 2.75) is 78.2 Å². The topological polar surface area (TPSA) is 26.7 Å². The van der Waals surface area contributed by atoms with E-state index in [9.17, 15) is 5.11 Å². The van der Waals surface area contributed by atoms with E-state index in [0.717, 1.165) is 42.4 Å². The number of aliphatic hydroxyl groups excluding tert-OH is 1. The number of hydrogen-bond donors (Lipinski definition) is 1. The van der Waals surface area contributed by atoms with Crippen molar-refractivity contribution >= 4 is 0 Å². The van der Waals surface area contributed by atoms with E-state index in [-0.39, 0.29) is 6.10 Å². The highest BCUT2D eigenvalue weighted by Crippen LogP contribution is 2.67. The number of fused-ring (bicyclic) bond motifs is 5. The fourth-order valence-electron chi connectivity index (χ4n) is 9.18. The van der Waals surface area contributed by atoms with Crippen molar-refractivity contribution in [3.63, 3.8) is 0 Å². The molecule has 5 aliphatic rings. The van der Waals surface area contributed by atoms with Crippen LogP contribution in [0.4, 0.5) is 0 Å². The molecule has 3 nitrogen and oxygen atoms in total. The molecule has 1 saturated heterocycles. The Labute approximate surface area is 185 Å². The molecule has 0 aromatic carbocycles. The van der Waals surface area contributed by atoms with E-state index in [4.69, 9.17) is 0 Å². The number of aliphatic hydroxyl groups is 1. The molecule has 1 aliphatic heterocycles. The van der Waals surface area contributed by atoms with Gasteiger partial charge in [0.1, 0.15) is 0 Å². The van der Waals surface area contributed by atoms with Crippen molar-refractivity contribution in [1.29, 1.82) is 0 Å². The lowest BCUT2D eigenvalue weighted by molar-refractivity contribution is -0.0590. The third kappa shape index (κ3) is 3.42. The van der Waals surface area contributed by atoms with Gasteiger partial charge in [-0.05, 0) is 98.8 Å². The van der Waals surface area contributed by atoms with Gasteiger partial charge in [-0.3, -0.25) is 0 Å². The third-order valence-electron chi connectivity index (χ3n) is 11.0. The highest BCUT2D eigenvalue weighted by molar-refractivity contribution is 5.25. The Morgan fingerprint density at radius 3 is 2.57 bits per heavy atom. The van der Waals surface area contributed by atoms with Gasteiger partial charge in [0.05, 0.1) is 6.10 Å². The SMILES string of the molecule is C[C@H](CN1CCN(C)CC1)[C@H]1CC[C@H]2[C@@H]3CC=C4C[C@@H](O)CC[C@]4(C)[C@H]3CC[C@]12C. The summed E-state index contributed by atoms with van der Waals surface area (Å²) in [5, 5.41) is 10.2. The molecule has 5 rings (SSSR count). The van der Waals surface area contributed by atoms with Crippen LogP contribution in [0.5, 0.6) is 0 Å². The Bertz CT molecular complexity index is 668. The maximum absolute atomic E-state index is 10.2. The summed E-state index contributed by atoms with van der Waals surface area (Å²) in [6.45, 7) is 14.1. The molecular formula is C27H46N2O. The zero-order valence-electron chi connectivity index (χ0n) is 20.1. The first-order valence-corrected chi connectivity index (χ1v) is 13.1. The molecule has 0 spiro atoms. The van der Waals surface area contributed by atoms with Gasteiger partial charge in [0, 0.05) is 32.7 Å². The molecule has 1 N–H and O–H groups in total. The minimum absolute atomic E-state index is 0.0824. The van der Waals surface area contributed by atoms with E-state index < -0.39 is 0 Å². The van der Waals surface area contributed by atoms with Crippen molar-refractivity contribution in [2.24, 2.45) is 40.4 Å². The second-order valence-electron chi connectivity index (χ2n) is 12.5. The molecule has 0 bridgehead atoms. The van der Waals surface area contributed by atoms with Gasteiger partial charge in [-0.2, -0.15) is 0 Å². The first kappa shape index (κ1) is 21.5. The largest absolute Gasteiger partial charge is 0.393 e. The molecule has 3 heteroatoms. The van der Waals surface area contributed by atoms with Gasteiger partial charge in [-0.15, -0.1) is 0 Å². The van der Waals surface area contributed by atoms with E-state index in [1.165, 1.54) is 71.2 Å². The van der Waals surface area contributed by atoms with E-state index in [1.807, 2.05) is 0 Å². The Morgan fingerprint density at radius 2 is 1.80 bits per heavy atom. The van der Waals surface area contributed by atoms with Crippen LogP contribution in [-0.4, -0.2) is 60.8 Å². The van der Waals surface area contributed by atoms with Crippen LogP contribution in [0.25, 0.3) is 0 Å². The predicted molar refractivity (Wildman–Crippen MR) is 124 cm³/mol. The van der Waals surface area contributed by atoms with Crippen LogP contribution in [0, 0.1) is 40.4 Å². The minimum atomic E-state index is -0.0824. The fourth-order valence-corrected chi connectivity index (χ4v) is 9.18. The van der Waals surface area contributed by atoms with Gasteiger partial charge in [-0.25, -0.2) is 0 Å². The van der Waals surface area contributed by atoms with Gasteiger partial charge in [0.25, 0.3) is 0 Å². The summed E-state index contributed by atoms with van der Waals surface area (Å²) >= 11 is 0. The summed E-state index contributed by atoms with van der Waals surface area (Å²) in [7, 11) is 2.26. The predicted octanol–water partition coefficient (Wildman–Crippen LogP) is 4.81. The van der Waals surface area contributed by atoms with Crippen molar-refractivity contribution in [3.05, 3.63) is 11.6 Å². The second kappa shape index (κ2) is 7.89. The molecule has 170 valence electrons.